The first kappa shape index (κ1) is 16.9. The van der Waals surface area contributed by atoms with Crippen LogP contribution in [0.3, 0.4) is 0 Å². The summed E-state index contributed by atoms with van der Waals surface area (Å²) in [6.07, 6.45) is 1.03. The van der Waals surface area contributed by atoms with E-state index in [9.17, 15) is 9.59 Å². The van der Waals surface area contributed by atoms with Crippen LogP contribution in [0, 0.1) is 5.41 Å². The van der Waals surface area contributed by atoms with E-state index in [1.54, 1.807) is 0 Å². The molecule has 0 spiro atoms. The molecule has 4 N–H and O–H groups in total. The van der Waals surface area contributed by atoms with Gasteiger partial charge in [-0.1, -0.05) is 20.8 Å². The van der Waals surface area contributed by atoms with E-state index in [2.05, 4.69) is 31.4 Å². The third-order valence-corrected chi connectivity index (χ3v) is 2.22. The highest BCUT2D eigenvalue weighted by Crippen LogP contribution is 2.20. The van der Waals surface area contributed by atoms with Crippen LogP contribution in [0.4, 0.5) is 0 Å². The van der Waals surface area contributed by atoms with E-state index in [0.717, 1.165) is 6.42 Å². The van der Waals surface area contributed by atoms with Crippen LogP contribution in [0.1, 0.15) is 47.5 Å². The Balaban J connectivity index is 3.87. The van der Waals surface area contributed by atoms with Gasteiger partial charge in [0, 0.05) is 18.5 Å². The molecule has 0 aromatic rings. The van der Waals surface area contributed by atoms with Crippen molar-refractivity contribution >= 4 is 11.8 Å². The summed E-state index contributed by atoms with van der Waals surface area (Å²) < 4.78 is 0. The number of carbonyl (C=O) groups is 2. The summed E-state index contributed by atoms with van der Waals surface area (Å²) in [7, 11) is 0. The Kier molecular flexibility index (Phi) is 6.91. The summed E-state index contributed by atoms with van der Waals surface area (Å²) in [5.41, 5.74) is 5.99. The summed E-state index contributed by atoms with van der Waals surface area (Å²) in [5.74, 6) is -0.353. The van der Waals surface area contributed by atoms with Crippen LogP contribution < -0.4 is 16.4 Å². The standard InChI is InChI=1S/C13H27N3O2/c1-9(2)16-12(18)8-15-11(17)6-10(14)7-13(3,4)5/h9-10H,6-8,14H2,1-5H3,(H,15,17)(H,16,18). The second-order valence-corrected chi connectivity index (χ2v) is 6.23. The average Bonchev–Trinajstić information content (AvgIpc) is 2.10. The first-order chi connectivity index (χ1) is 8.10. The normalized spacial score (nSPS) is 13.3. The van der Waals surface area contributed by atoms with Gasteiger partial charge in [-0.25, -0.2) is 0 Å². The fourth-order valence-corrected chi connectivity index (χ4v) is 1.72. The highest BCUT2D eigenvalue weighted by atomic mass is 16.2. The van der Waals surface area contributed by atoms with E-state index in [0.29, 0.717) is 0 Å². The van der Waals surface area contributed by atoms with Gasteiger partial charge in [-0.15, -0.1) is 0 Å². The first-order valence-electron chi connectivity index (χ1n) is 6.42. The SMILES string of the molecule is CC(C)NC(=O)CNC(=O)CC(N)CC(C)(C)C. The maximum absolute atomic E-state index is 11.6. The van der Waals surface area contributed by atoms with Crippen LogP contribution in [0.5, 0.6) is 0 Å². The zero-order chi connectivity index (χ0) is 14.3. The van der Waals surface area contributed by atoms with Crippen molar-refractivity contribution in [2.24, 2.45) is 11.1 Å². The van der Waals surface area contributed by atoms with Crippen molar-refractivity contribution in [1.82, 2.24) is 10.6 Å². The zero-order valence-corrected chi connectivity index (χ0v) is 12.2. The van der Waals surface area contributed by atoms with Crippen LogP contribution in [0.25, 0.3) is 0 Å². The molecule has 0 bridgehead atoms. The van der Waals surface area contributed by atoms with E-state index in [4.69, 9.17) is 5.73 Å². The van der Waals surface area contributed by atoms with Gasteiger partial charge in [0.2, 0.25) is 11.8 Å². The molecule has 0 aromatic carbocycles. The van der Waals surface area contributed by atoms with Gasteiger partial charge in [0.05, 0.1) is 6.54 Å². The van der Waals surface area contributed by atoms with Crippen molar-refractivity contribution in [2.45, 2.75) is 59.5 Å². The Morgan fingerprint density at radius 2 is 1.72 bits per heavy atom. The molecule has 2 amide bonds. The van der Waals surface area contributed by atoms with Gasteiger partial charge in [-0.2, -0.15) is 0 Å². The van der Waals surface area contributed by atoms with Gasteiger partial charge >= 0.3 is 0 Å². The molecule has 0 rings (SSSR count). The number of nitrogens with one attached hydrogen (secondary N) is 2. The maximum Gasteiger partial charge on any atom is 0.239 e. The average molecular weight is 257 g/mol. The topological polar surface area (TPSA) is 84.2 Å². The Morgan fingerprint density at radius 3 is 2.17 bits per heavy atom. The Bertz CT molecular complexity index is 282. The predicted octanol–water partition coefficient (Wildman–Crippen LogP) is 0.781. The molecule has 1 unspecified atom stereocenters. The molecule has 0 radical (unpaired) electrons. The lowest BCUT2D eigenvalue weighted by molar-refractivity contribution is -0.126. The monoisotopic (exact) mass is 257 g/mol. The Hall–Kier alpha value is -1.10. The second-order valence-electron chi connectivity index (χ2n) is 6.23. The largest absolute Gasteiger partial charge is 0.352 e. The fourth-order valence-electron chi connectivity index (χ4n) is 1.72. The van der Waals surface area contributed by atoms with Gasteiger partial charge in [0.25, 0.3) is 0 Å². The minimum absolute atomic E-state index is 0.0131. The van der Waals surface area contributed by atoms with Crippen LogP contribution >= 0.6 is 0 Å². The first-order valence-corrected chi connectivity index (χ1v) is 6.42. The van der Waals surface area contributed by atoms with Gasteiger partial charge < -0.3 is 16.4 Å². The minimum Gasteiger partial charge on any atom is -0.352 e. The summed E-state index contributed by atoms with van der Waals surface area (Å²) in [5, 5.41) is 5.28. The molecule has 5 nitrogen and oxygen atoms in total. The van der Waals surface area contributed by atoms with Crippen molar-refractivity contribution in [2.75, 3.05) is 6.54 Å². The maximum atomic E-state index is 11.6. The third kappa shape index (κ3) is 10.1. The summed E-state index contributed by atoms with van der Waals surface area (Å²) in [4.78, 5) is 22.9. The molecule has 0 saturated carbocycles. The lowest BCUT2D eigenvalue weighted by Crippen LogP contribution is -2.41. The van der Waals surface area contributed by atoms with E-state index >= 15 is 0 Å². The number of hydrogen-bond donors (Lipinski definition) is 3. The number of rotatable bonds is 6. The quantitative estimate of drug-likeness (QED) is 0.657. The zero-order valence-electron chi connectivity index (χ0n) is 12.2. The smallest absolute Gasteiger partial charge is 0.239 e. The fraction of sp³-hybridized carbons (Fsp3) is 0.846. The van der Waals surface area contributed by atoms with Gasteiger partial charge in [0.1, 0.15) is 0 Å². The summed E-state index contributed by atoms with van der Waals surface area (Å²) in [6, 6.07) is -0.0873. The number of carbonyl (C=O) groups excluding carboxylic acids is 2. The molecule has 0 aromatic heterocycles. The Morgan fingerprint density at radius 1 is 1.17 bits per heavy atom. The molecular formula is C13H27N3O2. The molecule has 5 heteroatoms. The molecule has 0 aliphatic heterocycles. The van der Waals surface area contributed by atoms with E-state index in [1.165, 1.54) is 0 Å². The van der Waals surface area contributed by atoms with E-state index in [-0.39, 0.29) is 42.3 Å². The number of hydrogen-bond acceptors (Lipinski definition) is 3. The van der Waals surface area contributed by atoms with Crippen LogP contribution in [0.2, 0.25) is 0 Å². The van der Waals surface area contributed by atoms with Gasteiger partial charge in [-0.05, 0) is 25.7 Å². The molecule has 0 heterocycles. The molecule has 0 saturated heterocycles. The van der Waals surface area contributed by atoms with Crippen LogP contribution in [0.15, 0.2) is 0 Å². The molecule has 0 aliphatic carbocycles. The van der Waals surface area contributed by atoms with Gasteiger partial charge in [-0.3, -0.25) is 9.59 Å². The predicted molar refractivity (Wildman–Crippen MR) is 73.0 cm³/mol. The van der Waals surface area contributed by atoms with Crippen molar-refractivity contribution < 1.29 is 9.59 Å². The summed E-state index contributed by atoms with van der Waals surface area (Å²) >= 11 is 0. The molecule has 18 heavy (non-hydrogen) atoms. The number of amides is 2. The molecular weight excluding hydrogens is 230 g/mol. The highest BCUT2D eigenvalue weighted by Gasteiger charge is 2.18. The lowest BCUT2D eigenvalue weighted by Gasteiger charge is -2.22. The summed E-state index contributed by atoms with van der Waals surface area (Å²) in [6.45, 7) is 10.0. The third-order valence-electron chi connectivity index (χ3n) is 2.22. The highest BCUT2D eigenvalue weighted by molar-refractivity contribution is 5.84. The molecule has 1 atom stereocenters. The van der Waals surface area contributed by atoms with Gasteiger partial charge in [0.15, 0.2) is 0 Å². The van der Waals surface area contributed by atoms with Crippen molar-refractivity contribution in [1.29, 1.82) is 0 Å². The van der Waals surface area contributed by atoms with Crippen LogP contribution in [-0.2, 0) is 9.59 Å². The number of nitrogens with two attached hydrogens (primary N) is 1. The lowest BCUT2D eigenvalue weighted by atomic mass is 9.87. The van der Waals surface area contributed by atoms with Crippen molar-refractivity contribution in [3.05, 3.63) is 0 Å². The minimum atomic E-state index is -0.178. The van der Waals surface area contributed by atoms with Crippen molar-refractivity contribution in [3.8, 4) is 0 Å². The van der Waals surface area contributed by atoms with Crippen molar-refractivity contribution in [3.63, 3.8) is 0 Å². The second kappa shape index (κ2) is 7.36. The molecule has 0 fully saturated rings. The molecule has 106 valence electrons. The van der Waals surface area contributed by atoms with E-state index in [1.807, 2.05) is 13.8 Å². The Labute approximate surface area is 110 Å². The van der Waals surface area contributed by atoms with Crippen LogP contribution in [-0.4, -0.2) is 30.4 Å². The molecule has 0 aliphatic rings. The van der Waals surface area contributed by atoms with E-state index < -0.39 is 0 Å².